The lowest BCUT2D eigenvalue weighted by Crippen LogP contribution is -2.27. The highest BCUT2D eigenvalue weighted by atomic mass is 35.5. The highest BCUT2D eigenvalue weighted by Gasteiger charge is 2.12. The molecule has 0 radical (unpaired) electrons. The van der Waals surface area contributed by atoms with Gasteiger partial charge in [-0.3, -0.25) is 0 Å². The smallest absolute Gasteiger partial charge is 0.0992 e. The van der Waals surface area contributed by atoms with Crippen molar-refractivity contribution < 1.29 is 0 Å². The first kappa shape index (κ1) is 13.4. The third-order valence-corrected chi connectivity index (χ3v) is 2.82. The maximum atomic E-state index is 8.82. The molecule has 0 aliphatic carbocycles. The molecule has 0 aliphatic rings. The maximum absolute atomic E-state index is 8.82. The number of nitriles is 2. The minimum Gasteiger partial charge on any atom is -0.369 e. The lowest BCUT2D eigenvalue weighted by molar-refractivity contribution is 0.686. The zero-order valence-corrected chi connectivity index (χ0v) is 10.7. The number of nitrogens with zero attached hydrogens (tertiary/aromatic N) is 3. The third-order valence-electron chi connectivity index (χ3n) is 2.51. The Balaban J connectivity index is 2.98. The number of halogens is 1. The maximum Gasteiger partial charge on any atom is 0.0992 e. The topological polar surface area (TPSA) is 50.8 Å². The van der Waals surface area contributed by atoms with E-state index in [9.17, 15) is 0 Å². The van der Waals surface area contributed by atoms with Crippen LogP contribution in [0.25, 0.3) is 0 Å². The van der Waals surface area contributed by atoms with Gasteiger partial charge in [0.15, 0.2) is 0 Å². The lowest BCUT2D eigenvalue weighted by atomic mass is 10.1. The van der Waals surface area contributed by atoms with Gasteiger partial charge in [0.05, 0.1) is 34.3 Å². The normalized spacial score (nSPS) is 11.4. The molecular weight excluding hydrogens is 234 g/mol. The zero-order chi connectivity index (χ0) is 12.8. The second-order valence-corrected chi connectivity index (χ2v) is 4.25. The van der Waals surface area contributed by atoms with Gasteiger partial charge in [0.1, 0.15) is 0 Å². The molecule has 17 heavy (non-hydrogen) atoms. The van der Waals surface area contributed by atoms with Crippen molar-refractivity contribution in [3.63, 3.8) is 0 Å². The van der Waals surface area contributed by atoms with Gasteiger partial charge in [-0.15, -0.1) is 0 Å². The summed E-state index contributed by atoms with van der Waals surface area (Å²) in [6.45, 7) is 5.30. The van der Waals surface area contributed by atoms with Gasteiger partial charge < -0.3 is 4.90 Å². The first-order valence-corrected chi connectivity index (χ1v) is 5.84. The van der Waals surface area contributed by atoms with Crippen LogP contribution in [0.2, 0.25) is 5.02 Å². The van der Waals surface area contributed by atoms with Gasteiger partial charge in [-0.25, -0.2) is 0 Å². The minimum absolute atomic E-state index is 0.0540. The van der Waals surface area contributed by atoms with Crippen molar-refractivity contribution >= 4 is 17.3 Å². The Bertz CT molecular complexity index is 471. The molecule has 1 aromatic carbocycles. The van der Waals surface area contributed by atoms with Crippen LogP contribution in [0.4, 0.5) is 5.69 Å². The van der Waals surface area contributed by atoms with E-state index in [1.165, 1.54) is 0 Å². The predicted octanol–water partition coefficient (Wildman–Crippen LogP) is 3.20. The summed E-state index contributed by atoms with van der Waals surface area (Å²) in [5, 5.41) is 18.1. The van der Waals surface area contributed by atoms with E-state index >= 15 is 0 Å². The van der Waals surface area contributed by atoms with Crippen LogP contribution in [0.5, 0.6) is 0 Å². The second kappa shape index (κ2) is 6.13. The third kappa shape index (κ3) is 3.37. The van der Waals surface area contributed by atoms with Crippen molar-refractivity contribution in [3.8, 4) is 12.1 Å². The van der Waals surface area contributed by atoms with Crippen molar-refractivity contribution in [1.29, 1.82) is 10.5 Å². The summed E-state index contributed by atoms with van der Waals surface area (Å²) in [4.78, 5) is 2.04. The number of anilines is 1. The van der Waals surface area contributed by atoms with Gasteiger partial charge in [0, 0.05) is 13.1 Å². The van der Waals surface area contributed by atoms with Gasteiger partial charge in [-0.2, -0.15) is 10.5 Å². The quantitative estimate of drug-likeness (QED) is 0.821. The molecule has 0 fully saturated rings. The SMILES string of the molecule is CCN(CC(C)C#N)c1ccc(C#N)cc1Cl. The van der Waals surface area contributed by atoms with Gasteiger partial charge in [-0.1, -0.05) is 11.6 Å². The van der Waals surface area contributed by atoms with E-state index in [-0.39, 0.29) is 5.92 Å². The molecule has 1 aromatic rings. The van der Waals surface area contributed by atoms with Crippen molar-refractivity contribution in [2.45, 2.75) is 13.8 Å². The Morgan fingerprint density at radius 1 is 1.41 bits per heavy atom. The van der Waals surface area contributed by atoms with Gasteiger partial charge in [-0.05, 0) is 32.0 Å². The highest BCUT2D eigenvalue weighted by Crippen LogP contribution is 2.27. The summed E-state index contributed by atoms with van der Waals surface area (Å²) < 4.78 is 0. The van der Waals surface area contributed by atoms with Crippen LogP contribution < -0.4 is 4.90 Å². The van der Waals surface area contributed by atoms with E-state index < -0.39 is 0 Å². The van der Waals surface area contributed by atoms with E-state index in [1.54, 1.807) is 12.1 Å². The van der Waals surface area contributed by atoms with Crippen LogP contribution in [0.1, 0.15) is 19.4 Å². The summed E-state index contributed by atoms with van der Waals surface area (Å²) in [5.74, 6) is -0.0540. The zero-order valence-electron chi connectivity index (χ0n) is 9.94. The molecule has 1 rings (SSSR count). The first-order valence-electron chi connectivity index (χ1n) is 5.46. The number of hydrogen-bond donors (Lipinski definition) is 0. The summed E-state index contributed by atoms with van der Waals surface area (Å²) in [5.41, 5.74) is 1.42. The Kier molecular flexibility index (Phi) is 4.82. The van der Waals surface area contributed by atoms with E-state index in [0.29, 0.717) is 17.1 Å². The number of hydrogen-bond acceptors (Lipinski definition) is 3. The molecule has 4 heteroatoms. The Labute approximate surface area is 107 Å². The number of rotatable bonds is 4. The van der Waals surface area contributed by atoms with Crippen LogP contribution in [-0.2, 0) is 0 Å². The molecule has 0 N–H and O–H groups in total. The molecule has 0 amide bonds. The minimum atomic E-state index is -0.0540. The average Bonchev–Trinajstić information content (AvgIpc) is 2.35. The fourth-order valence-corrected chi connectivity index (χ4v) is 1.90. The summed E-state index contributed by atoms with van der Waals surface area (Å²) in [6, 6.07) is 9.47. The van der Waals surface area contributed by atoms with Gasteiger partial charge >= 0.3 is 0 Å². The number of benzene rings is 1. The highest BCUT2D eigenvalue weighted by molar-refractivity contribution is 6.33. The Morgan fingerprint density at radius 3 is 2.59 bits per heavy atom. The molecule has 88 valence electrons. The molecule has 0 spiro atoms. The van der Waals surface area contributed by atoms with Crippen LogP contribution in [0, 0.1) is 28.6 Å². The molecule has 1 atom stereocenters. The predicted molar refractivity (Wildman–Crippen MR) is 68.8 cm³/mol. The fourth-order valence-electron chi connectivity index (χ4n) is 1.60. The van der Waals surface area contributed by atoms with Gasteiger partial charge in [0.2, 0.25) is 0 Å². The van der Waals surface area contributed by atoms with Crippen LogP contribution in [-0.4, -0.2) is 13.1 Å². The summed E-state index contributed by atoms with van der Waals surface area (Å²) >= 11 is 6.13. The van der Waals surface area contributed by atoms with Crippen molar-refractivity contribution in [3.05, 3.63) is 28.8 Å². The van der Waals surface area contributed by atoms with E-state index in [1.807, 2.05) is 30.9 Å². The van der Waals surface area contributed by atoms with Crippen molar-refractivity contribution in [1.82, 2.24) is 0 Å². The molecule has 1 unspecified atom stereocenters. The van der Waals surface area contributed by atoms with E-state index in [2.05, 4.69) is 6.07 Å². The lowest BCUT2D eigenvalue weighted by Gasteiger charge is -2.25. The summed E-state index contributed by atoms with van der Waals surface area (Å²) in [7, 11) is 0. The monoisotopic (exact) mass is 247 g/mol. The fraction of sp³-hybridized carbons (Fsp3) is 0.385. The molecule has 0 saturated heterocycles. The molecule has 0 bridgehead atoms. The Hall–Kier alpha value is -1.71. The second-order valence-electron chi connectivity index (χ2n) is 3.85. The van der Waals surface area contributed by atoms with Crippen LogP contribution in [0.3, 0.4) is 0 Å². The molecule has 0 saturated carbocycles. The van der Waals surface area contributed by atoms with Crippen LogP contribution in [0.15, 0.2) is 18.2 Å². The van der Waals surface area contributed by atoms with Crippen molar-refractivity contribution in [2.75, 3.05) is 18.0 Å². The molecule has 3 nitrogen and oxygen atoms in total. The van der Waals surface area contributed by atoms with Crippen LogP contribution >= 0.6 is 11.6 Å². The Morgan fingerprint density at radius 2 is 2.12 bits per heavy atom. The largest absolute Gasteiger partial charge is 0.369 e. The van der Waals surface area contributed by atoms with E-state index in [4.69, 9.17) is 22.1 Å². The standard InChI is InChI=1S/C13H14ClN3/c1-3-17(9-10(2)7-15)13-5-4-11(8-16)6-12(13)14/h4-6,10H,3,9H2,1-2H3. The molecular formula is C13H14ClN3. The van der Waals surface area contributed by atoms with E-state index in [0.717, 1.165) is 12.2 Å². The first-order chi connectivity index (χ1) is 8.12. The average molecular weight is 248 g/mol. The summed E-state index contributed by atoms with van der Waals surface area (Å²) in [6.07, 6.45) is 0. The molecule has 0 aliphatic heterocycles. The molecule has 0 aromatic heterocycles. The van der Waals surface area contributed by atoms with Gasteiger partial charge in [0.25, 0.3) is 0 Å². The molecule has 0 heterocycles. The van der Waals surface area contributed by atoms with Crippen molar-refractivity contribution in [2.24, 2.45) is 5.92 Å².